The van der Waals surface area contributed by atoms with Crippen molar-refractivity contribution in [3.63, 3.8) is 0 Å². The lowest BCUT2D eigenvalue weighted by atomic mass is 9.91. The Morgan fingerprint density at radius 2 is 2.00 bits per heavy atom. The first-order chi connectivity index (χ1) is 8.52. The zero-order valence-electron chi connectivity index (χ0n) is 10.6. The van der Waals surface area contributed by atoms with Gasteiger partial charge in [-0.05, 0) is 17.5 Å². The first-order valence-corrected chi connectivity index (χ1v) is 6.13. The van der Waals surface area contributed by atoms with E-state index in [2.05, 4.69) is 0 Å². The quantitative estimate of drug-likeness (QED) is 0.867. The second-order valence-corrected chi connectivity index (χ2v) is 4.88. The van der Waals surface area contributed by atoms with Crippen LogP contribution in [0, 0.1) is 5.92 Å². The van der Waals surface area contributed by atoms with Crippen LogP contribution in [0.1, 0.15) is 31.0 Å². The van der Waals surface area contributed by atoms with Crippen molar-refractivity contribution in [2.75, 3.05) is 6.54 Å². The molecule has 0 fully saturated rings. The van der Waals surface area contributed by atoms with Crippen molar-refractivity contribution < 1.29 is 14.7 Å². The molecule has 18 heavy (non-hydrogen) atoms. The molecule has 4 heteroatoms. The first-order valence-electron chi connectivity index (χ1n) is 6.13. The van der Waals surface area contributed by atoms with E-state index in [0.29, 0.717) is 6.54 Å². The molecule has 4 nitrogen and oxygen atoms in total. The van der Waals surface area contributed by atoms with Gasteiger partial charge in [0, 0.05) is 12.5 Å². The molecule has 1 aliphatic rings. The highest BCUT2D eigenvalue weighted by Crippen LogP contribution is 2.30. The summed E-state index contributed by atoms with van der Waals surface area (Å²) < 4.78 is 0. The topological polar surface area (TPSA) is 57.6 Å². The number of amides is 1. The molecule has 0 bridgehead atoms. The number of carbonyl (C=O) groups is 2. The number of carboxylic acid groups (broad SMARTS) is 1. The van der Waals surface area contributed by atoms with Gasteiger partial charge in [0.1, 0.15) is 0 Å². The maximum atomic E-state index is 12.1. The summed E-state index contributed by atoms with van der Waals surface area (Å²) in [5, 5.41) is 9.39. The van der Waals surface area contributed by atoms with Crippen LogP contribution in [0.2, 0.25) is 0 Å². The lowest BCUT2D eigenvalue weighted by Crippen LogP contribution is -2.45. The maximum Gasteiger partial charge on any atom is 0.331 e. The first kappa shape index (κ1) is 12.6. The highest BCUT2D eigenvalue weighted by molar-refractivity contribution is 5.86. The average Bonchev–Trinajstić information content (AvgIpc) is 2.36. The van der Waals surface area contributed by atoms with Crippen LogP contribution >= 0.6 is 0 Å². The molecule has 1 unspecified atom stereocenters. The normalized spacial score (nSPS) is 18.6. The third-order valence-corrected chi connectivity index (χ3v) is 3.29. The minimum Gasteiger partial charge on any atom is -0.479 e. The van der Waals surface area contributed by atoms with E-state index in [9.17, 15) is 14.7 Å². The van der Waals surface area contributed by atoms with Crippen LogP contribution in [0.5, 0.6) is 0 Å². The van der Waals surface area contributed by atoms with E-state index in [1.165, 1.54) is 4.90 Å². The Kier molecular flexibility index (Phi) is 3.36. The molecule has 1 aliphatic heterocycles. The summed E-state index contributed by atoms with van der Waals surface area (Å²) in [6.45, 7) is 4.06. The number of rotatable bonds is 2. The molecule has 1 atom stereocenters. The van der Waals surface area contributed by atoms with Gasteiger partial charge in [0.2, 0.25) is 5.91 Å². The number of carboxylic acids is 1. The Morgan fingerprint density at radius 3 is 2.61 bits per heavy atom. The van der Waals surface area contributed by atoms with Gasteiger partial charge in [-0.3, -0.25) is 4.79 Å². The molecule has 96 valence electrons. The maximum absolute atomic E-state index is 12.1. The highest BCUT2D eigenvalue weighted by atomic mass is 16.4. The molecule has 0 radical (unpaired) electrons. The van der Waals surface area contributed by atoms with Gasteiger partial charge in [0.15, 0.2) is 6.04 Å². The van der Waals surface area contributed by atoms with E-state index in [1.807, 2.05) is 18.2 Å². The smallest absolute Gasteiger partial charge is 0.331 e. The molecule has 0 saturated heterocycles. The van der Waals surface area contributed by atoms with Crippen molar-refractivity contribution in [3.05, 3.63) is 35.4 Å². The summed E-state index contributed by atoms with van der Waals surface area (Å²) in [5.41, 5.74) is 1.77. The summed E-state index contributed by atoms with van der Waals surface area (Å²) in [6, 6.07) is 6.61. The molecule has 0 spiro atoms. The monoisotopic (exact) mass is 247 g/mol. The molecule has 1 amide bonds. The highest BCUT2D eigenvalue weighted by Gasteiger charge is 2.36. The van der Waals surface area contributed by atoms with Crippen LogP contribution in [0.15, 0.2) is 24.3 Å². The van der Waals surface area contributed by atoms with E-state index < -0.39 is 12.0 Å². The van der Waals surface area contributed by atoms with E-state index in [0.717, 1.165) is 17.5 Å². The number of nitrogens with zero attached hydrogens (tertiary/aromatic N) is 1. The Balaban J connectivity index is 2.42. The standard InChI is InChI=1S/C14H17NO3/c1-9(2)13(16)15-8-7-10-5-3-4-6-11(10)12(15)14(17)18/h3-6,9,12H,7-8H2,1-2H3,(H,17,18). The SMILES string of the molecule is CC(C)C(=O)N1CCc2ccccc2C1C(=O)O. The van der Waals surface area contributed by atoms with Crippen molar-refractivity contribution in [3.8, 4) is 0 Å². The predicted octanol–water partition coefficient (Wildman–Crippen LogP) is 1.85. The van der Waals surface area contributed by atoms with Crippen LogP contribution in [0.3, 0.4) is 0 Å². The Morgan fingerprint density at radius 1 is 1.33 bits per heavy atom. The van der Waals surface area contributed by atoms with Crippen LogP contribution in [-0.4, -0.2) is 28.4 Å². The number of benzene rings is 1. The van der Waals surface area contributed by atoms with Crippen LogP contribution < -0.4 is 0 Å². The average molecular weight is 247 g/mol. The van der Waals surface area contributed by atoms with Crippen molar-refractivity contribution in [2.24, 2.45) is 5.92 Å². The van der Waals surface area contributed by atoms with Crippen molar-refractivity contribution in [1.29, 1.82) is 0 Å². The molecular formula is C14H17NO3. The van der Waals surface area contributed by atoms with Gasteiger partial charge < -0.3 is 10.0 Å². The molecule has 0 aromatic heterocycles. The van der Waals surface area contributed by atoms with Crippen LogP contribution in [0.25, 0.3) is 0 Å². The fourth-order valence-electron chi connectivity index (χ4n) is 2.40. The van der Waals surface area contributed by atoms with E-state index in [4.69, 9.17) is 0 Å². The number of hydrogen-bond acceptors (Lipinski definition) is 2. The van der Waals surface area contributed by atoms with E-state index in [1.54, 1.807) is 19.9 Å². The third kappa shape index (κ3) is 2.10. The largest absolute Gasteiger partial charge is 0.479 e. The second kappa shape index (κ2) is 4.80. The minimum absolute atomic E-state index is 0.100. The van der Waals surface area contributed by atoms with Crippen LogP contribution in [0.4, 0.5) is 0 Å². The summed E-state index contributed by atoms with van der Waals surface area (Å²) >= 11 is 0. The summed E-state index contributed by atoms with van der Waals surface area (Å²) in [4.78, 5) is 25.0. The molecular weight excluding hydrogens is 230 g/mol. The molecule has 1 N–H and O–H groups in total. The molecule has 0 saturated carbocycles. The van der Waals surface area contributed by atoms with E-state index >= 15 is 0 Å². The predicted molar refractivity (Wildman–Crippen MR) is 67.1 cm³/mol. The van der Waals surface area contributed by atoms with Crippen LogP contribution in [-0.2, 0) is 16.0 Å². The number of aliphatic carboxylic acids is 1. The van der Waals surface area contributed by atoms with Crippen molar-refractivity contribution in [1.82, 2.24) is 4.90 Å². The summed E-state index contributed by atoms with van der Waals surface area (Å²) in [6.07, 6.45) is 0.721. The molecule has 2 rings (SSSR count). The van der Waals surface area contributed by atoms with Crippen molar-refractivity contribution in [2.45, 2.75) is 26.3 Å². The minimum atomic E-state index is -0.962. The number of fused-ring (bicyclic) bond motifs is 1. The zero-order chi connectivity index (χ0) is 13.3. The van der Waals surface area contributed by atoms with E-state index in [-0.39, 0.29) is 11.8 Å². The molecule has 0 aliphatic carbocycles. The van der Waals surface area contributed by atoms with Gasteiger partial charge in [0.25, 0.3) is 0 Å². The number of hydrogen-bond donors (Lipinski definition) is 1. The Labute approximate surface area is 106 Å². The number of carbonyl (C=O) groups excluding carboxylic acids is 1. The van der Waals surface area contributed by atoms with Gasteiger partial charge in [0.05, 0.1) is 0 Å². The van der Waals surface area contributed by atoms with Gasteiger partial charge >= 0.3 is 5.97 Å². The summed E-state index contributed by atoms with van der Waals surface area (Å²) in [7, 11) is 0. The lowest BCUT2D eigenvalue weighted by Gasteiger charge is -2.35. The third-order valence-electron chi connectivity index (χ3n) is 3.29. The van der Waals surface area contributed by atoms with Gasteiger partial charge in [-0.1, -0.05) is 38.1 Å². The van der Waals surface area contributed by atoms with Gasteiger partial charge in [-0.25, -0.2) is 4.79 Å². The Bertz CT molecular complexity index is 482. The summed E-state index contributed by atoms with van der Waals surface area (Å²) in [5.74, 6) is -1.25. The van der Waals surface area contributed by atoms with Gasteiger partial charge in [-0.15, -0.1) is 0 Å². The molecule has 1 aromatic rings. The molecule has 1 heterocycles. The van der Waals surface area contributed by atoms with Crippen molar-refractivity contribution >= 4 is 11.9 Å². The fraction of sp³-hybridized carbons (Fsp3) is 0.429. The van der Waals surface area contributed by atoms with Gasteiger partial charge in [-0.2, -0.15) is 0 Å². The second-order valence-electron chi connectivity index (χ2n) is 4.88. The zero-order valence-corrected chi connectivity index (χ0v) is 10.6. The lowest BCUT2D eigenvalue weighted by molar-refractivity contribution is -0.152. The Hall–Kier alpha value is -1.84. The fourth-order valence-corrected chi connectivity index (χ4v) is 2.40. The molecule has 1 aromatic carbocycles.